The molecule has 0 aliphatic heterocycles. The molecule has 1 fully saturated rings. The molecular formula is C12H24N2O2S. The summed E-state index contributed by atoms with van der Waals surface area (Å²) in [5, 5.41) is 3.68. The molecular weight excluding hydrogens is 236 g/mol. The molecule has 4 nitrogen and oxygen atoms in total. The van der Waals surface area contributed by atoms with Crippen molar-refractivity contribution < 1.29 is 9.53 Å². The van der Waals surface area contributed by atoms with E-state index in [1.54, 1.807) is 0 Å². The Bertz CT molecular complexity index is 239. The summed E-state index contributed by atoms with van der Waals surface area (Å²) in [6.07, 6.45) is 5.85. The van der Waals surface area contributed by atoms with Gasteiger partial charge < -0.3 is 15.8 Å². The van der Waals surface area contributed by atoms with Crippen LogP contribution in [0, 0.1) is 0 Å². The fourth-order valence-corrected chi connectivity index (χ4v) is 3.23. The van der Waals surface area contributed by atoms with Crippen molar-refractivity contribution in [3.8, 4) is 0 Å². The van der Waals surface area contributed by atoms with Gasteiger partial charge in [-0.3, -0.25) is 4.79 Å². The van der Waals surface area contributed by atoms with Crippen molar-refractivity contribution in [2.45, 2.75) is 50.0 Å². The molecule has 1 aliphatic carbocycles. The van der Waals surface area contributed by atoms with Crippen molar-refractivity contribution in [2.24, 2.45) is 5.73 Å². The smallest absolute Gasteiger partial charge is 0.222 e. The molecule has 1 amide bonds. The van der Waals surface area contributed by atoms with Gasteiger partial charge in [-0.05, 0) is 26.0 Å². The predicted octanol–water partition coefficient (Wildman–Crippen LogP) is 1.14. The van der Waals surface area contributed by atoms with Gasteiger partial charge in [-0.1, -0.05) is 6.42 Å². The summed E-state index contributed by atoms with van der Waals surface area (Å²) in [6.45, 7) is 2.92. The Morgan fingerprint density at radius 1 is 1.59 bits per heavy atom. The minimum atomic E-state index is -0.144. The van der Waals surface area contributed by atoms with Gasteiger partial charge in [0.25, 0.3) is 0 Å². The molecule has 100 valence electrons. The first-order chi connectivity index (χ1) is 8.21. The summed E-state index contributed by atoms with van der Waals surface area (Å²) >= 11 is 1.85. The van der Waals surface area contributed by atoms with Crippen LogP contribution in [0.2, 0.25) is 0 Å². The number of hydrogen-bond donors (Lipinski definition) is 2. The van der Waals surface area contributed by atoms with Crippen LogP contribution in [0.15, 0.2) is 0 Å². The second kappa shape index (κ2) is 7.95. The summed E-state index contributed by atoms with van der Waals surface area (Å²) in [7, 11) is 0. The van der Waals surface area contributed by atoms with E-state index in [4.69, 9.17) is 10.5 Å². The quantitative estimate of drug-likeness (QED) is 0.720. The Morgan fingerprint density at radius 3 is 2.94 bits per heavy atom. The van der Waals surface area contributed by atoms with E-state index in [-0.39, 0.29) is 12.0 Å². The van der Waals surface area contributed by atoms with Crippen LogP contribution in [0.4, 0.5) is 0 Å². The van der Waals surface area contributed by atoms with E-state index < -0.39 is 0 Å². The summed E-state index contributed by atoms with van der Waals surface area (Å²) < 4.78 is 5.39. The third kappa shape index (κ3) is 4.85. The molecule has 0 aromatic carbocycles. The zero-order valence-electron chi connectivity index (χ0n) is 10.8. The molecule has 1 rings (SSSR count). The van der Waals surface area contributed by atoms with E-state index in [2.05, 4.69) is 11.6 Å². The van der Waals surface area contributed by atoms with Gasteiger partial charge >= 0.3 is 0 Å². The lowest BCUT2D eigenvalue weighted by molar-refractivity contribution is -0.124. The van der Waals surface area contributed by atoms with E-state index in [9.17, 15) is 4.79 Å². The van der Waals surface area contributed by atoms with Gasteiger partial charge in [-0.2, -0.15) is 11.8 Å². The highest BCUT2D eigenvalue weighted by Crippen LogP contribution is 2.28. The summed E-state index contributed by atoms with van der Waals surface area (Å²) in [5.74, 6) is 0.0693. The minimum absolute atomic E-state index is 0.0693. The monoisotopic (exact) mass is 260 g/mol. The predicted molar refractivity (Wildman–Crippen MR) is 72.2 cm³/mol. The summed E-state index contributed by atoms with van der Waals surface area (Å²) in [5.41, 5.74) is 5.56. The second-order valence-electron chi connectivity index (χ2n) is 4.40. The fourth-order valence-electron chi connectivity index (χ4n) is 2.29. The van der Waals surface area contributed by atoms with Crippen molar-refractivity contribution in [1.29, 1.82) is 0 Å². The first kappa shape index (κ1) is 14.8. The highest BCUT2D eigenvalue weighted by atomic mass is 32.2. The Hall–Kier alpha value is -0.260. The molecule has 0 saturated heterocycles. The second-order valence-corrected chi connectivity index (χ2v) is 5.47. The summed E-state index contributed by atoms with van der Waals surface area (Å²) in [4.78, 5) is 11.8. The van der Waals surface area contributed by atoms with E-state index in [1.807, 2.05) is 18.7 Å². The van der Waals surface area contributed by atoms with E-state index >= 15 is 0 Å². The fraction of sp³-hybridized carbons (Fsp3) is 0.917. The molecule has 0 heterocycles. The van der Waals surface area contributed by atoms with Gasteiger partial charge in [0.15, 0.2) is 0 Å². The van der Waals surface area contributed by atoms with Crippen molar-refractivity contribution in [1.82, 2.24) is 5.32 Å². The molecule has 0 bridgehead atoms. The van der Waals surface area contributed by atoms with Crippen LogP contribution < -0.4 is 11.1 Å². The standard InChI is InChI=1S/C12H24N2O2S/c1-3-16-9(8-13)7-12(15)14-10-5-4-6-11(10)17-2/h9-11H,3-8,13H2,1-2H3,(H,14,15). The number of thioether (sulfide) groups is 1. The zero-order valence-corrected chi connectivity index (χ0v) is 11.6. The highest BCUT2D eigenvalue weighted by molar-refractivity contribution is 7.99. The van der Waals surface area contributed by atoms with Crippen molar-refractivity contribution >= 4 is 17.7 Å². The Kier molecular flexibility index (Phi) is 6.92. The van der Waals surface area contributed by atoms with E-state index in [1.165, 1.54) is 12.8 Å². The van der Waals surface area contributed by atoms with Crippen LogP contribution in [-0.2, 0) is 9.53 Å². The molecule has 0 aromatic rings. The molecule has 1 saturated carbocycles. The molecule has 0 radical (unpaired) electrons. The molecule has 17 heavy (non-hydrogen) atoms. The van der Waals surface area contributed by atoms with Crippen LogP contribution in [-0.4, -0.2) is 42.7 Å². The Labute approximate surface area is 108 Å². The Morgan fingerprint density at radius 2 is 2.35 bits per heavy atom. The maximum absolute atomic E-state index is 11.8. The zero-order chi connectivity index (χ0) is 12.7. The lowest BCUT2D eigenvalue weighted by Gasteiger charge is -2.21. The normalized spacial score (nSPS) is 25.8. The van der Waals surface area contributed by atoms with Gasteiger partial charge in [0.1, 0.15) is 0 Å². The van der Waals surface area contributed by atoms with E-state index in [0.717, 1.165) is 6.42 Å². The van der Waals surface area contributed by atoms with Crippen molar-refractivity contribution in [3.05, 3.63) is 0 Å². The van der Waals surface area contributed by atoms with Gasteiger partial charge in [-0.25, -0.2) is 0 Å². The maximum atomic E-state index is 11.8. The topological polar surface area (TPSA) is 64.3 Å². The van der Waals surface area contributed by atoms with Gasteiger partial charge in [-0.15, -0.1) is 0 Å². The third-order valence-electron chi connectivity index (χ3n) is 3.18. The van der Waals surface area contributed by atoms with Gasteiger partial charge in [0.05, 0.1) is 12.5 Å². The van der Waals surface area contributed by atoms with Gasteiger partial charge in [0, 0.05) is 24.4 Å². The van der Waals surface area contributed by atoms with Crippen LogP contribution in [0.25, 0.3) is 0 Å². The number of carbonyl (C=O) groups excluding carboxylic acids is 1. The first-order valence-electron chi connectivity index (χ1n) is 6.35. The molecule has 3 atom stereocenters. The number of rotatable bonds is 7. The van der Waals surface area contributed by atoms with E-state index in [0.29, 0.717) is 30.9 Å². The molecule has 3 N–H and O–H groups in total. The molecule has 0 aromatic heterocycles. The van der Waals surface area contributed by atoms with Gasteiger partial charge in [0.2, 0.25) is 5.91 Å². The molecule has 1 aliphatic rings. The SMILES string of the molecule is CCOC(CN)CC(=O)NC1CCCC1SC. The average molecular weight is 260 g/mol. The first-order valence-corrected chi connectivity index (χ1v) is 7.63. The molecule has 5 heteroatoms. The molecule has 3 unspecified atom stereocenters. The van der Waals surface area contributed by atoms with Crippen LogP contribution in [0.3, 0.4) is 0 Å². The maximum Gasteiger partial charge on any atom is 0.222 e. The number of ether oxygens (including phenoxy) is 1. The molecule has 0 spiro atoms. The lowest BCUT2D eigenvalue weighted by atomic mass is 10.2. The number of amides is 1. The average Bonchev–Trinajstić information content (AvgIpc) is 2.75. The lowest BCUT2D eigenvalue weighted by Crippen LogP contribution is -2.41. The van der Waals surface area contributed by atoms with Crippen LogP contribution >= 0.6 is 11.8 Å². The number of nitrogens with one attached hydrogen (secondary N) is 1. The number of hydrogen-bond acceptors (Lipinski definition) is 4. The minimum Gasteiger partial charge on any atom is -0.377 e. The Balaban J connectivity index is 2.32. The van der Waals surface area contributed by atoms with Crippen LogP contribution in [0.5, 0.6) is 0 Å². The van der Waals surface area contributed by atoms with Crippen LogP contribution in [0.1, 0.15) is 32.6 Å². The third-order valence-corrected chi connectivity index (χ3v) is 4.35. The number of nitrogens with two attached hydrogens (primary N) is 1. The van der Waals surface area contributed by atoms with Crippen molar-refractivity contribution in [2.75, 3.05) is 19.4 Å². The summed E-state index contributed by atoms with van der Waals surface area (Å²) in [6, 6.07) is 0.331. The largest absolute Gasteiger partial charge is 0.377 e. The highest BCUT2D eigenvalue weighted by Gasteiger charge is 2.28. The number of carbonyl (C=O) groups is 1. The van der Waals surface area contributed by atoms with Crippen molar-refractivity contribution in [3.63, 3.8) is 0 Å².